The van der Waals surface area contributed by atoms with Gasteiger partial charge in [0.2, 0.25) is 0 Å². The lowest BCUT2D eigenvalue weighted by molar-refractivity contribution is -0.384. The zero-order valence-corrected chi connectivity index (χ0v) is 19.1. The van der Waals surface area contributed by atoms with Gasteiger partial charge >= 0.3 is 6.03 Å². The van der Waals surface area contributed by atoms with Gasteiger partial charge in [-0.15, -0.1) is 0 Å². The van der Waals surface area contributed by atoms with Crippen LogP contribution in [0.2, 0.25) is 0 Å². The van der Waals surface area contributed by atoms with Crippen LogP contribution in [0.5, 0.6) is 0 Å². The summed E-state index contributed by atoms with van der Waals surface area (Å²) in [4.78, 5) is 27.4. The van der Waals surface area contributed by atoms with Crippen molar-refractivity contribution in [2.75, 3.05) is 11.9 Å². The van der Waals surface area contributed by atoms with E-state index in [-0.39, 0.29) is 11.7 Å². The quantitative estimate of drug-likeness (QED) is 0.243. The minimum Gasteiger partial charge on any atom is -0.337 e. The monoisotopic (exact) mass is 466 g/mol. The van der Waals surface area contributed by atoms with E-state index in [0.717, 1.165) is 24.0 Å². The molecule has 0 unspecified atom stereocenters. The lowest BCUT2D eigenvalue weighted by Crippen LogP contribution is -2.43. The summed E-state index contributed by atoms with van der Waals surface area (Å²) >= 11 is 0. The molecule has 0 radical (unpaired) electrons. The molecule has 35 heavy (non-hydrogen) atoms. The molecule has 4 aromatic rings. The molecule has 2 amide bonds. The average molecular weight is 467 g/mol. The number of non-ortho nitro benzene ring substituents is 1. The zero-order valence-electron chi connectivity index (χ0n) is 19.1. The van der Waals surface area contributed by atoms with Gasteiger partial charge in [-0.2, -0.15) is 0 Å². The number of benzene rings is 3. The number of carbonyl (C=O) groups is 1. The summed E-state index contributed by atoms with van der Waals surface area (Å²) < 4.78 is 0. The van der Waals surface area contributed by atoms with Crippen LogP contribution in [0.1, 0.15) is 23.1 Å². The second-order valence-corrected chi connectivity index (χ2v) is 8.28. The number of pyridine rings is 1. The highest BCUT2D eigenvalue weighted by Crippen LogP contribution is 2.36. The van der Waals surface area contributed by atoms with Crippen LogP contribution < -0.4 is 10.6 Å². The molecule has 0 spiro atoms. The van der Waals surface area contributed by atoms with Crippen LogP contribution in [0.25, 0.3) is 0 Å². The third-order valence-electron chi connectivity index (χ3n) is 6.13. The number of aryl methyl sites for hydroxylation is 1. The first-order valence-electron chi connectivity index (χ1n) is 11.4. The summed E-state index contributed by atoms with van der Waals surface area (Å²) in [5, 5.41) is 16.7. The topological polar surface area (TPSA) is 97.2 Å². The summed E-state index contributed by atoms with van der Waals surface area (Å²) in [5.41, 5.74) is 3.37. The highest BCUT2D eigenvalue weighted by Gasteiger charge is 2.34. The van der Waals surface area contributed by atoms with Crippen molar-refractivity contribution < 1.29 is 9.72 Å². The van der Waals surface area contributed by atoms with Gasteiger partial charge in [0.25, 0.3) is 5.69 Å². The molecule has 0 fully saturated rings. The first kappa shape index (κ1) is 23.6. The summed E-state index contributed by atoms with van der Waals surface area (Å²) in [6.45, 7) is 0.366. The van der Waals surface area contributed by atoms with Gasteiger partial charge < -0.3 is 10.6 Å². The number of anilines is 1. The number of nitro benzene ring substituents is 1. The molecule has 1 aromatic heterocycles. The van der Waals surface area contributed by atoms with E-state index in [0.29, 0.717) is 12.2 Å². The van der Waals surface area contributed by atoms with Crippen molar-refractivity contribution in [3.63, 3.8) is 0 Å². The SMILES string of the molecule is O=C(NCC(CCc1ccncc1)(c1ccccc1)c1ccccc1)Nc1ccc([N+](=O)[O-])cc1. The smallest absolute Gasteiger partial charge is 0.319 e. The fraction of sp³-hybridized carbons (Fsp3) is 0.143. The maximum absolute atomic E-state index is 12.9. The Morgan fingerprint density at radius 2 is 1.40 bits per heavy atom. The Kier molecular flexibility index (Phi) is 7.47. The van der Waals surface area contributed by atoms with Gasteiger partial charge in [0.05, 0.1) is 4.92 Å². The molecule has 2 N–H and O–H groups in total. The third-order valence-corrected chi connectivity index (χ3v) is 6.13. The number of aromatic nitrogens is 1. The molecule has 0 bridgehead atoms. The van der Waals surface area contributed by atoms with Gasteiger partial charge in [0, 0.05) is 42.2 Å². The zero-order chi connectivity index (χ0) is 24.5. The van der Waals surface area contributed by atoms with Gasteiger partial charge in [0.1, 0.15) is 0 Å². The predicted octanol–water partition coefficient (Wildman–Crippen LogP) is 5.73. The Labute approximate surface area is 204 Å². The fourth-order valence-electron chi connectivity index (χ4n) is 4.24. The van der Waals surface area contributed by atoms with Crippen LogP contribution in [0.4, 0.5) is 16.2 Å². The standard InChI is InChI=1S/C28H26N4O3/c33-27(31-25-11-13-26(14-12-25)32(34)35)30-21-28(23-7-3-1-4-8-23,24-9-5-2-6-10-24)18-15-22-16-19-29-20-17-22/h1-14,16-17,19-20H,15,18,21H2,(H2,30,31,33). The molecule has 0 atom stereocenters. The predicted molar refractivity (Wildman–Crippen MR) is 136 cm³/mol. The first-order valence-corrected chi connectivity index (χ1v) is 11.4. The molecular weight excluding hydrogens is 440 g/mol. The maximum Gasteiger partial charge on any atom is 0.319 e. The molecule has 0 aliphatic rings. The van der Waals surface area contributed by atoms with E-state index in [9.17, 15) is 14.9 Å². The van der Waals surface area contributed by atoms with Crippen molar-refractivity contribution in [2.24, 2.45) is 0 Å². The fourth-order valence-corrected chi connectivity index (χ4v) is 4.24. The number of amides is 2. The highest BCUT2D eigenvalue weighted by atomic mass is 16.6. The van der Waals surface area contributed by atoms with Gasteiger partial charge in [-0.1, -0.05) is 60.7 Å². The second kappa shape index (κ2) is 11.1. The lowest BCUT2D eigenvalue weighted by atomic mass is 9.70. The normalized spacial score (nSPS) is 11.0. The molecule has 4 rings (SSSR count). The molecule has 0 aliphatic heterocycles. The van der Waals surface area contributed by atoms with E-state index in [1.165, 1.54) is 29.8 Å². The van der Waals surface area contributed by atoms with Crippen LogP contribution in [0.3, 0.4) is 0 Å². The molecule has 3 aromatic carbocycles. The highest BCUT2D eigenvalue weighted by molar-refractivity contribution is 5.89. The number of hydrogen-bond acceptors (Lipinski definition) is 4. The van der Waals surface area contributed by atoms with Crippen LogP contribution in [-0.2, 0) is 11.8 Å². The van der Waals surface area contributed by atoms with Crippen molar-refractivity contribution in [2.45, 2.75) is 18.3 Å². The van der Waals surface area contributed by atoms with E-state index in [1.807, 2.05) is 48.5 Å². The number of urea groups is 1. The Hall–Kier alpha value is -4.52. The number of hydrogen-bond donors (Lipinski definition) is 2. The number of nitrogens with zero attached hydrogens (tertiary/aromatic N) is 2. The summed E-state index contributed by atoms with van der Waals surface area (Å²) in [7, 11) is 0. The lowest BCUT2D eigenvalue weighted by Gasteiger charge is -2.36. The van der Waals surface area contributed by atoms with Crippen molar-refractivity contribution in [3.8, 4) is 0 Å². The molecule has 1 heterocycles. The number of rotatable bonds is 9. The van der Waals surface area contributed by atoms with E-state index in [2.05, 4.69) is 39.9 Å². The minimum absolute atomic E-state index is 0.0285. The van der Waals surface area contributed by atoms with Crippen LogP contribution >= 0.6 is 0 Å². The van der Waals surface area contributed by atoms with Crippen LogP contribution in [0, 0.1) is 10.1 Å². The van der Waals surface area contributed by atoms with Crippen LogP contribution in [-0.4, -0.2) is 22.5 Å². The largest absolute Gasteiger partial charge is 0.337 e. The van der Waals surface area contributed by atoms with E-state index < -0.39 is 10.3 Å². The molecule has 176 valence electrons. The summed E-state index contributed by atoms with van der Waals surface area (Å²) in [6, 6.07) is 29.8. The third kappa shape index (κ3) is 5.89. The molecule has 7 heteroatoms. The number of carbonyl (C=O) groups excluding carboxylic acids is 1. The summed E-state index contributed by atoms with van der Waals surface area (Å²) in [5.74, 6) is 0. The second-order valence-electron chi connectivity index (χ2n) is 8.28. The molecule has 0 aliphatic carbocycles. The maximum atomic E-state index is 12.9. The summed E-state index contributed by atoms with van der Waals surface area (Å²) in [6.07, 6.45) is 5.15. The van der Waals surface area contributed by atoms with Crippen molar-refractivity contribution >= 4 is 17.4 Å². The van der Waals surface area contributed by atoms with E-state index in [1.54, 1.807) is 12.4 Å². The number of nitro groups is 1. The molecule has 7 nitrogen and oxygen atoms in total. The molecular formula is C28H26N4O3. The Bertz CT molecular complexity index is 1210. The molecule has 0 saturated heterocycles. The van der Waals surface area contributed by atoms with Gasteiger partial charge in [-0.3, -0.25) is 15.1 Å². The van der Waals surface area contributed by atoms with Gasteiger partial charge in [-0.05, 0) is 53.8 Å². The molecule has 0 saturated carbocycles. The van der Waals surface area contributed by atoms with E-state index in [4.69, 9.17) is 0 Å². The first-order chi connectivity index (χ1) is 17.1. The minimum atomic E-state index is -0.474. The van der Waals surface area contributed by atoms with Crippen molar-refractivity contribution in [3.05, 3.63) is 136 Å². The van der Waals surface area contributed by atoms with Crippen molar-refractivity contribution in [1.82, 2.24) is 10.3 Å². The Balaban J connectivity index is 1.60. The average Bonchev–Trinajstić information content (AvgIpc) is 2.91. The van der Waals surface area contributed by atoms with Gasteiger partial charge in [-0.25, -0.2) is 4.79 Å². The number of nitrogens with one attached hydrogen (secondary N) is 2. The Morgan fingerprint density at radius 1 is 0.829 bits per heavy atom. The Morgan fingerprint density at radius 3 is 1.94 bits per heavy atom. The van der Waals surface area contributed by atoms with E-state index >= 15 is 0 Å². The van der Waals surface area contributed by atoms with Crippen molar-refractivity contribution in [1.29, 1.82) is 0 Å². The van der Waals surface area contributed by atoms with Crippen LogP contribution in [0.15, 0.2) is 109 Å². The van der Waals surface area contributed by atoms with Gasteiger partial charge in [0.15, 0.2) is 0 Å².